The van der Waals surface area contributed by atoms with Gasteiger partial charge in [-0.25, -0.2) is 0 Å². The molecule has 80 valence electrons. The summed E-state index contributed by atoms with van der Waals surface area (Å²) in [6.07, 6.45) is 0. The summed E-state index contributed by atoms with van der Waals surface area (Å²) in [5.74, 6) is 0.528. The fourth-order valence-corrected chi connectivity index (χ4v) is 1.78. The van der Waals surface area contributed by atoms with Gasteiger partial charge in [0.25, 0.3) is 0 Å². The molecule has 0 heterocycles. The zero-order valence-electron chi connectivity index (χ0n) is 9.70. The number of nitrogens with zero attached hydrogens (tertiary/aromatic N) is 1. The molecule has 0 aliphatic rings. The van der Waals surface area contributed by atoms with E-state index in [1.165, 1.54) is 0 Å². The van der Waals surface area contributed by atoms with Crippen LogP contribution in [0.3, 0.4) is 0 Å². The zero-order valence-corrected chi connectivity index (χ0v) is 9.70. The van der Waals surface area contributed by atoms with Crippen molar-refractivity contribution in [2.45, 2.75) is 33.6 Å². The van der Waals surface area contributed by atoms with Gasteiger partial charge >= 0.3 is 0 Å². The van der Waals surface area contributed by atoms with E-state index in [-0.39, 0.29) is 5.92 Å². The number of aromatic hydroxyl groups is 1. The molecule has 1 aromatic rings. The Morgan fingerprint density at radius 3 is 2.00 bits per heavy atom. The summed E-state index contributed by atoms with van der Waals surface area (Å²) in [5, 5.41) is 18.7. The quantitative estimate of drug-likeness (QED) is 0.801. The molecule has 0 saturated carbocycles. The summed E-state index contributed by atoms with van der Waals surface area (Å²) in [7, 11) is 0. The average molecular weight is 203 g/mol. The third kappa shape index (κ3) is 2.30. The van der Waals surface area contributed by atoms with Crippen LogP contribution in [0.4, 0.5) is 0 Å². The van der Waals surface area contributed by atoms with Crippen LogP contribution in [0.2, 0.25) is 0 Å². The summed E-state index contributed by atoms with van der Waals surface area (Å²) < 4.78 is 0. The van der Waals surface area contributed by atoms with Crippen LogP contribution >= 0.6 is 0 Å². The highest BCUT2D eigenvalue weighted by Gasteiger charge is 2.16. The molecule has 2 nitrogen and oxygen atoms in total. The van der Waals surface area contributed by atoms with Gasteiger partial charge in [0.2, 0.25) is 0 Å². The van der Waals surface area contributed by atoms with Crippen molar-refractivity contribution in [3.63, 3.8) is 0 Å². The second kappa shape index (κ2) is 4.35. The number of phenols is 1. The lowest BCUT2D eigenvalue weighted by molar-refractivity contribution is 0.466. The first-order valence-corrected chi connectivity index (χ1v) is 5.17. The monoisotopic (exact) mass is 203 g/mol. The SMILES string of the molecule is Cc1cc(C(C#N)C(C)C)cc(C)c1O. The van der Waals surface area contributed by atoms with Gasteiger partial charge in [-0.15, -0.1) is 0 Å². The predicted molar refractivity (Wildman–Crippen MR) is 60.8 cm³/mol. The normalized spacial score (nSPS) is 12.5. The molecule has 1 rings (SSSR count). The van der Waals surface area contributed by atoms with E-state index in [9.17, 15) is 5.11 Å². The first-order chi connectivity index (χ1) is 6.97. The van der Waals surface area contributed by atoms with Gasteiger partial charge in [0.1, 0.15) is 5.75 Å². The number of hydrogen-bond acceptors (Lipinski definition) is 2. The molecule has 1 N–H and O–H groups in total. The molecule has 0 aromatic heterocycles. The first kappa shape index (κ1) is 11.6. The predicted octanol–water partition coefficient (Wildman–Crippen LogP) is 3.27. The van der Waals surface area contributed by atoms with Crippen molar-refractivity contribution in [2.24, 2.45) is 5.92 Å². The smallest absolute Gasteiger partial charge is 0.121 e. The molecule has 0 bridgehead atoms. The molecule has 1 atom stereocenters. The van der Waals surface area contributed by atoms with Crippen LogP contribution in [-0.4, -0.2) is 5.11 Å². The highest BCUT2D eigenvalue weighted by Crippen LogP contribution is 2.30. The maximum Gasteiger partial charge on any atom is 0.121 e. The Hall–Kier alpha value is -1.49. The van der Waals surface area contributed by atoms with Crippen molar-refractivity contribution in [1.29, 1.82) is 5.26 Å². The molecular weight excluding hydrogens is 186 g/mol. The van der Waals surface area contributed by atoms with E-state index in [2.05, 4.69) is 6.07 Å². The minimum absolute atomic E-state index is 0.0944. The molecule has 1 unspecified atom stereocenters. The second-order valence-electron chi connectivity index (χ2n) is 4.35. The molecule has 1 aromatic carbocycles. The molecular formula is C13H17NO. The highest BCUT2D eigenvalue weighted by molar-refractivity contribution is 5.44. The van der Waals surface area contributed by atoms with Crippen LogP contribution in [0, 0.1) is 31.1 Å². The molecule has 0 saturated heterocycles. The van der Waals surface area contributed by atoms with Crippen LogP contribution in [0.15, 0.2) is 12.1 Å². The second-order valence-corrected chi connectivity index (χ2v) is 4.35. The minimum atomic E-state index is -0.0944. The Bertz CT molecular complexity index is 378. The van der Waals surface area contributed by atoms with Gasteiger partial charge in [-0.1, -0.05) is 26.0 Å². The number of nitriles is 1. The van der Waals surface area contributed by atoms with E-state index >= 15 is 0 Å². The fraction of sp³-hybridized carbons (Fsp3) is 0.462. The van der Waals surface area contributed by atoms with Crippen molar-refractivity contribution >= 4 is 0 Å². The van der Waals surface area contributed by atoms with Gasteiger partial charge < -0.3 is 5.11 Å². The summed E-state index contributed by atoms with van der Waals surface area (Å²) in [5.41, 5.74) is 2.68. The largest absolute Gasteiger partial charge is 0.507 e. The van der Waals surface area contributed by atoms with Crippen molar-refractivity contribution in [2.75, 3.05) is 0 Å². The summed E-state index contributed by atoms with van der Waals surface area (Å²) >= 11 is 0. The Labute approximate surface area is 91.2 Å². The standard InChI is InChI=1S/C13H17NO/c1-8(2)12(7-14)11-5-9(3)13(15)10(4)6-11/h5-6,8,12,15H,1-4H3. The Balaban J connectivity index is 3.22. The third-order valence-electron chi connectivity index (χ3n) is 2.68. The van der Waals surface area contributed by atoms with Gasteiger partial charge in [-0.3, -0.25) is 0 Å². The molecule has 15 heavy (non-hydrogen) atoms. The van der Waals surface area contributed by atoms with Crippen molar-refractivity contribution in [3.8, 4) is 11.8 Å². The van der Waals surface area contributed by atoms with E-state index in [1.54, 1.807) is 0 Å². The lowest BCUT2D eigenvalue weighted by Crippen LogP contribution is -2.04. The van der Waals surface area contributed by atoms with Crippen LogP contribution in [0.25, 0.3) is 0 Å². The van der Waals surface area contributed by atoms with Gasteiger partial charge in [-0.2, -0.15) is 5.26 Å². The number of rotatable bonds is 2. The van der Waals surface area contributed by atoms with Gasteiger partial charge in [0.15, 0.2) is 0 Å². The van der Waals surface area contributed by atoms with E-state index in [4.69, 9.17) is 5.26 Å². The van der Waals surface area contributed by atoms with Crippen LogP contribution in [0.5, 0.6) is 5.75 Å². The van der Waals surface area contributed by atoms with Crippen LogP contribution < -0.4 is 0 Å². The van der Waals surface area contributed by atoms with E-state index in [1.807, 2.05) is 39.8 Å². The lowest BCUT2D eigenvalue weighted by Gasteiger charge is -2.15. The first-order valence-electron chi connectivity index (χ1n) is 5.17. The molecule has 0 aliphatic carbocycles. The van der Waals surface area contributed by atoms with E-state index in [0.29, 0.717) is 11.7 Å². The zero-order chi connectivity index (χ0) is 11.6. The Kier molecular flexibility index (Phi) is 3.36. The average Bonchev–Trinajstić information content (AvgIpc) is 2.14. The summed E-state index contributed by atoms with van der Waals surface area (Å²) in [6.45, 7) is 7.79. The van der Waals surface area contributed by atoms with E-state index in [0.717, 1.165) is 16.7 Å². The van der Waals surface area contributed by atoms with Crippen molar-refractivity contribution in [1.82, 2.24) is 0 Å². The molecule has 2 heteroatoms. The maximum atomic E-state index is 9.64. The molecule has 0 radical (unpaired) electrons. The Morgan fingerprint density at radius 2 is 1.67 bits per heavy atom. The number of aryl methyl sites for hydroxylation is 2. The number of hydrogen-bond donors (Lipinski definition) is 1. The molecule has 0 aliphatic heterocycles. The maximum absolute atomic E-state index is 9.64. The summed E-state index contributed by atoms with van der Waals surface area (Å²) in [4.78, 5) is 0. The minimum Gasteiger partial charge on any atom is -0.507 e. The highest BCUT2D eigenvalue weighted by atomic mass is 16.3. The van der Waals surface area contributed by atoms with Crippen LogP contribution in [0.1, 0.15) is 36.5 Å². The Morgan fingerprint density at radius 1 is 1.20 bits per heavy atom. The molecule has 0 spiro atoms. The van der Waals surface area contributed by atoms with Crippen molar-refractivity contribution in [3.05, 3.63) is 28.8 Å². The van der Waals surface area contributed by atoms with Gasteiger partial charge in [0, 0.05) is 0 Å². The number of benzene rings is 1. The fourth-order valence-electron chi connectivity index (χ4n) is 1.78. The third-order valence-corrected chi connectivity index (χ3v) is 2.68. The molecule has 0 amide bonds. The summed E-state index contributed by atoms with van der Waals surface area (Å²) in [6, 6.07) is 6.11. The number of phenolic OH excluding ortho intramolecular Hbond substituents is 1. The topological polar surface area (TPSA) is 44.0 Å². The molecule has 0 fully saturated rings. The van der Waals surface area contributed by atoms with E-state index < -0.39 is 0 Å². The van der Waals surface area contributed by atoms with Crippen molar-refractivity contribution < 1.29 is 5.11 Å². The van der Waals surface area contributed by atoms with Gasteiger partial charge in [0.05, 0.1) is 12.0 Å². The lowest BCUT2D eigenvalue weighted by atomic mass is 9.88. The van der Waals surface area contributed by atoms with Crippen LogP contribution in [-0.2, 0) is 0 Å². The van der Waals surface area contributed by atoms with Gasteiger partial charge in [-0.05, 0) is 36.5 Å².